The predicted octanol–water partition coefficient (Wildman–Crippen LogP) is 2.71. The van der Waals surface area contributed by atoms with E-state index in [9.17, 15) is 4.79 Å². The molecule has 2 bridgehead atoms. The molecule has 2 rings (SSSR count). The van der Waals surface area contributed by atoms with Gasteiger partial charge in [-0.05, 0) is 59.0 Å². The maximum atomic E-state index is 11.2. The number of hydrogen-bond acceptors (Lipinski definition) is 4. The number of carbonyl (C=O) groups excluding carboxylic acids is 1. The van der Waals surface area contributed by atoms with Crippen LogP contribution in [0.5, 0.6) is 0 Å². The molecule has 4 nitrogen and oxygen atoms in total. The van der Waals surface area contributed by atoms with E-state index in [1.807, 2.05) is 6.92 Å². The average Bonchev–Trinajstić information content (AvgIpc) is 2.43. The molecule has 0 radical (unpaired) electrons. The smallest absolute Gasteiger partial charge is 0.305 e. The van der Waals surface area contributed by atoms with Crippen molar-refractivity contribution in [3.63, 3.8) is 0 Å². The first kappa shape index (κ1) is 16.8. The summed E-state index contributed by atoms with van der Waals surface area (Å²) in [6.45, 7) is 3.45. The SMILES string of the molecule is CCOC(=O)CCCCCNC1CC2CCCC(C1)N2C. The number of carbonyl (C=O) groups is 1. The quantitative estimate of drug-likeness (QED) is 0.552. The number of hydrogen-bond donors (Lipinski definition) is 1. The van der Waals surface area contributed by atoms with E-state index >= 15 is 0 Å². The maximum Gasteiger partial charge on any atom is 0.305 e. The van der Waals surface area contributed by atoms with Gasteiger partial charge in [0.05, 0.1) is 6.61 Å². The first-order chi connectivity index (χ1) is 10.2. The number of fused-ring (bicyclic) bond motifs is 2. The van der Waals surface area contributed by atoms with Crippen molar-refractivity contribution in [3.8, 4) is 0 Å². The van der Waals surface area contributed by atoms with E-state index in [4.69, 9.17) is 4.74 Å². The van der Waals surface area contributed by atoms with Crippen LogP contribution in [0.3, 0.4) is 0 Å². The molecule has 0 spiro atoms. The molecule has 2 aliphatic heterocycles. The van der Waals surface area contributed by atoms with Crippen LogP contribution < -0.4 is 5.32 Å². The Labute approximate surface area is 129 Å². The van der Waals surface area contributed by atoms with Crippen LogP contribution in [-0.2, 0) is 9.53 Å². The van der Waals surface area contributed by atoms with Crippen molar-refractivity contribution in [2.75, 3.05) is 20.2 Å². The Morgan fingerprint density at radius 1 is 1.19 bits per heavy atom. The van der Waals surface area contributed by atoms with Gasteiger partial charge in [0.15, 0.2) is 0 Å². The number of unbranched alkanes of at least 4 members (excludes halogenated alkanes) is 2. The lowest BCUT2D eigenvalue weighted by Gasteiger charge is -2.47. The van der Waals surface area contributed by atoms with Gasteiger partial charge >= 0.3 is 5.97 Å². The molecule has 4 heteroatoms. The van der Waals surface area contributed by atoms with Crippen LogP contribution in [0.1, 0.15) is 64.7 Å². The summed E-state index contributed by atoms with van der Waals surface area (Å²) in [5.74, 6) is -0.0476. The predicted molar refractivity (Wildman–Crippen MR) is 85.3 cm³/mol. The second-order valence-electron chi connectivity index (χ2n) is 6.64. The highest BCUT2D eigenvalue weighted by molar-refractivity contribution is 5.69. The molecule has 0 aromatic rings. The Hall–Kier alpha value is -0.610. The van der Waals surface area contributed by atoms with Gasteiger partial charge in [-0.25, -0.2) is 0 Å². The molecule has 122 valence electrons. The van der Waals surface area contributed by atoms with E-state index in [0.717, 1.165) is 31.5 Å². The molecule has 0 saturated carbocycles. The Bertz CT molecular complexity index is 308. The third kappa shape index (κ3) is 5.26. The largest absolute Gasteiger partial charge is 0.466 e. The Kier molecular flexibility index (Phi) is 6.97. The summed E-state index contributed by atoms with van der Waals surface area (Å²) in [6, 6.07) is 2.32. The fraction of sp³-hybridized carbons (Fsp3) is 0.941. The number of nitrogens with zero attached hydrogens (tertiary/aromatic N) is 1. The monoisotopic (exact) mass is 296 g/mol. The molecule has 0 aromatic heterocycles. The highest BCUT2D eigenvalue weighted by Crippen LogP contribution is 2.32. The Morgan fingerprint density at radius 2 is 1.90 bits per heavy atom. The lowest BCUT2D eigenvalue weighted by molar-refractivity contribution is -0.143. The van der Waals surface area contributed by atoms with E-state index in [1.165, 1.54) is 38.5 Å². The van der Waals surface area contributed by atoms with Crippen molar-refractivity contribution in [1.29, 1.82) is 0 Å². The second-order valence-corrected chi connectivity index (χ2v) is 6.64. The zero-order chi connectivity index (χ0) is 15.1. The molecule has 2 saturated heterocycles. The molecule has 2 atom stereocenters. The van der Waals surface area contributed by atoms with E-state index in [0.29, 0.717) is 19.1 Å². The van der Waals surface area contributed by atoms with Crippen molar-refractivity contribution < 1.29 is 9.53 Å². The Morgan fingerprint density at radius 3 is 2.57 bits per heavy atom. The minimum Gasteiger partial charge on any atom is -0.466 e. The maximum absolute atomic E-state index is 11.2. The lowest BCUT2D eigenvalue weighted by Crippen LogP contribution is -2.54. The number of piperidine rings is 2. The first-order valence-corrected chi connectivity index (χ1v) is 8.81. The number of rotatable bonds is 8. The number of esters is 1. The van der Waals surface area contributed by atoms with Crippen molar-refractivity contribution in [1.82, 2.24) is 10.2 Å². The lowest BCUT2D eigenvalue weighted by atomic mass is 9.82. The normalized spacial score (nSPS) is 29.3. The molecular weight excluding hydrogens is 264 g/mol. The fourth-order valence-electron chi connectivity index (χ4n) is 3.89. The van der Waals surface area contributed by atoms with Gasteiger partial charge < -0.3 is 15.0 Å². The van der Waals surface area contributed by atoms with E-state index in [2.05, 4.69) is 17.3 Å². The van der Waals surface area contributed by atoms with Gasteiger partial charge in [-0.15, -0.1) is 0 Å². The van der Waals surface area contributed by atoms with Crippen molar-refractivity contribution >= 4 is 5.97 Å². The number of nitrogens with one attached hydrogen (secondary N) is 1. The average molecular weight is 296 g/mol. The van der Waals surface area contributed by atoms with E-state index in [-0.39, 0.29) is 5.97 Å². The molecule has 2 unspecified atom stereocenters. The summed E-state index contributed by atoms with van der Waals surface area (Å²) >= 11 is 0. The number of ether oxygens (including phenoxy) is 1. The van der Waals surface area contributed by atoms with Crippen LogP contribution in [-0.4, -0.2) is 49.2 Å². The van der Waals surface area contributed by atoms with Crippen LogP contribution >= 0.6 is 0 Å². The molecule has 1 N–H and O–H groups in total. The third-order valence-electron chi connectivity index (χ3n) is 5.14. The summed E-state index contributed by atoms with van der Waals surface area (Å²) in [7, 11) is 2.31. The van der Waals surface area contributed by atoms with E-state index < -0.39 is 0 Å². The van der Waals surface area contributed by atoms with Gasteiger partial charge in [-0.3, -0.25) is 4.79 Å². The highest BCUT2D eigenvalue weighted by Gasteiger charge is 2.35. The van der Waals surface area contributed by atoms with Crippen LogP contribution in [0.25, 0.3) is 0 Å². The molecular formula is C17H32N2O2. The minimum absolute atomic E-state index is 0.0476. The van der Waals surface area contributed by atoms with Crippen molar-refractivity contribution in [2.45, 2.75) is 82.8 Å². The molecule has 0 aromatic carbocycles. The summed E-state index contributed by atoms with van der Waals surface area (Å²) < 4.78 is 4.94. The third-order valence-corrected chi connectivity index (χ3v) is 5.14. The molecule has 2 aliphatic rings. The van der Waals surface area contributed by atoms with Crippen LogP contribution in [0.2, 0.25) is 0 Å². The zero-order valence-corrected chi connectivity index (χ0v) is 13.8. The molecule has 0 amide bonds. The van der Waals surface area contributed by atoms with Gasteiger partial charge in [0, 0.05) is 24.5 Å². The molecule has 2 heterocycles. The van der Waals surface area contributed by atoms with Crippen LogP contribution in [0.15, 0.2) is 0 Å². The van der Waals surface area contributed by atoms with Crippen molar-refractivity contribution in [3.05, 3.63) is 0 Å². The van der Waals surface area contributed by atoms with Gasteiger partial charge in [0.25, 0.3) is 0 Å². The van der Waals surface area contributed by atoms with Gasteiger partial charge in [0.2, 0.25) is 0 Å². The zero-order valence-electron chi connectivity index (χ0n) is 13.8. The van der Waals surface area contributed by atoms with Crippen molar-refractivity contribution in [2.24, 2.45) is 0 Å². The van der Waals surface area contributed by atoms with Crippen LogP contribution in [0, 0.1) is 0 Å². The summed E-state index contributed by atoms with van der Waals surface area (Å²) in [5, 5.41) is 3.74. The first-order valence-electron chi connectivity index (χ1n) is 8.81. The topological polar surface area (TPSA) is 41.6 Å². The van der Waals surface area contributed by atoms with Gasteiger partial charge in [-0.2, -0.15) is 0 Å². The molecule has 21 heavy (non-hydrogen) atoms. The summed E-state index contributed by atoms with van der Waals surface area (Å²) in [5.41, 5.74) is 0. The summed E-state index contributed by atoms with van der Waals surface area (Å²) in [6.07, 6.45) is 10.6. The standard InChI is InChI=1S/C17H32N2O2/c1-3-21-17(20)10-5-4-6-11-18-14-12-15-8-7-9-16(13-14)19(15)2/h14-16,18H,3-13H2,1-2H3. The van der Waals surface area contributed by atoms with E-state index in [1.54, 1.807) is 0 Å². The molecule has 2 fully saturated rings. The second kappa shape index (κ2) is 8.74. The summed E-state index contributed by atoms with van der Waals surface area (Å²) in [4.78, 5) is 13.8. The highest BCUT2D eigenvalue weighted by atomic mass is 16.5. The molecule has 0 aliphatic carbocycles. The van der Waals surface area contributed by atoms with Crippen LogP contribution in [0.4, 0.5) is 0 Å². The van der Waals surface area contributed by atoms with Gasteiger partial charge in [-0.1, -0.05) is 12.8 Å². The minimum atomic E-state index is -0.0476. The van der Waals surface area contributed by atoms with Gasteiger partial charge in [0.1, 0.15) is 0 Å². The fourth-order valence-corrected chi connectivity index (χ4v) is 3.89. The Balaban J connectivity index is 1.52.